The third-order valence-electron chi connectivity index (χ3n) is 0. The predicted octanol–water partition coefficient (Wildman–Crippen LogP) is -53.9. The Morgan fingerprint density at radius 1 is 0.292 bits per heavy atom. The Labute approximate surface area is 460 Å². The first-order chi connectivity index (χ1) is 0. The van der Waals surface area contributed by atoms with Crippen molar-refractivity contribution < 1.29 is 474 Å². The van der Waals surface area contributed by atoms with Crippen LogP contribution in [0.2, 0.25) is 0 Å². The van der Waals surface area contributed by atoms with Crippen LogP contribution in [0, 0.1) is 251 Å². The molecule has 0 amide bonds. The van der Waals surface area contributed by atoms with Crippen molar-refractivity contribution in [3.8, 4) is 0 Å². The Bertz CT molecular complexity index is 35.0. The number of hydrogen-bond donors (Lipinski definition) is 0. The molecule has 0 aliphatic heterocycles. The van der Waals surface area contributed by atoms with Gasteiger partial charge in [0.15, 0.2) is 0 Å². The van der Waals surface area contributed by atoms with Gasteiger partial charge in [0.25, 0.3) is 0 Å². The fourth-order valence-corrected chi connectivity index (χ4v) is 0. The largest absolute Gasteiger partial charge is 3.00 e. The third-order valence-corrected chi connectivity index (χ3v) is 0. The first-order valence-corrected chi connectivity index (χ1v) is 0. The molecule has 0 aliphatic rings. The van der Waals surface area contributed by atoms with E-state index in [0.29, 0.717) is 0 Å². The van der Waals surface area contributed by atoms with E-state index < -0.39 is 0 Å². The maximum atomic E-state index is 0. The first-order valence-electron chi connectivity index (χ1n) is 0. The van der Waals surface area contributed by atoms with Crippen LogP contribution in [0.4, 0.5) is 0 Å². The quantitative estimate of drug-likeness (QED) is 0.227. The summed E-state index contributed by atoms with van der Waals surface area (Å²) >= 11 is 0. The monoisotopic (exact) mass is 1600 g/mol. The normalized spacial score (nSPS) is 0. The molecule has 0 spiro atoms. The molecule has 0 saturated carbocycles. The van der Waals surface area contributed by atoms with E-state index in [1.165, 1.54) is 0 Å². The molecule has 0 saturated heterocycles. The summed E-state index contributed by atoms with van der Waals surface area (Å²) in [6.07, 6.45) is 0. The van der Waals surface area contributed by atoms with Crippen molar-refractivity contribution in [3.63, 3.8) is 0 Å². The van der Waals surface area contributed by atoms with Gasteiger partial charge in [0.1, 0.15) is 0 Å². The maximum Gasteiger partial charge on any atom is 3.00 e. The van der Waals surface area contributed by atoms with E-state index >= 15 is 0 Å². The molecular weight excluding hydrogens is 1610 g/mol. The zero-order valence-electron chi connectivity index (χ0n) is 8.78. The minimum absolute atomic E-state index is 0. The summed E-state index contributed by atoms with van der Waals surface area (Å²) in [6.45, 7) is 0. The van der Waals surface area contributed by atoms with Gasteiger partial charge >= 0.3 is 251 Å². The van der Waals surface area contributed by atoms with Gasteiger partial charge in [0.2, 0.25) is 0 Å². The van der Waals surface area contributed by atoms with Crippen molar-refractivity contribution in [1.29, 1.82) is 0 Å². The second-order valence-corrected chi connectivity index (χ2v) is 0. The molecule has 0 nitrogen and oxygen atoms in total. The average molecular weight is 1610 g/mol. The molecule has 24 heavy (non-hydrogen) atoms. The standard InChI is InChI=1S/18ClH.Er.Eu.Gd.Sm.Tm.Yb/h18*1H;;;;;;/q;;;;;;;;;;;;;;;;;;6*+3/p-18. The Balaban J connectivity index is 0. The summed E-state index contributed by atoms with van der Waals surface area (Å²) in [7, 11) is 0. The van der Waals surface area contributed by atoms with Crippen LogP contribution in [-0.4, -0.2) is 0 Å². The van der Waals surface area contributed by atoms with Crippen molar-refractivity contribution in [2.45, 2.75) is 0 Å². The Hall–Kier alpha value is 13.5. The summed E-state index contributed by atoms with van der Waals surface area (Å²) in [4.78, 5) is 0. The summed E-state index contributed by atoms with van der Waals surface area (Å²) in [5, 5.41) is 0. The molecule has 0 bridgehead atoms. The van der Waals surface area contributed by atoms with E-state index in [1.54, 1.807) is 0 Å². The van der Waals surface area contributed by atoms with Gasteiger partial charge in [-0.1, -0.05) is 0 Å². The van der Waals surface area contributed by atoms with Gasteiger partial charge in [-0.05, 0) is 0 Å². The van der Waals surface area contributed by atoms with Crippen molar-refractivity contribution in [3.05, 3.63) is 0 Å². The minimum Gasteiger partial charge on any atom is -1.00 e. The van der Waals surface area contributed by atoms with Crippen molar-refractivity contribution in [2.75, 3.05) is 0 Å². The zero-order valence-corrected chi connectivity index (χ0v) is 35.0. The van der Waals surface area contributed by atoms with Gasteiger partial charge in [0.05, 0.1) is 0 Å². The van der Waals surface area contributed by atoms with Crippen LogP contribution in [0.5, 0.6) is 0 Å². The third kappa shape index (κ3) is 232. The second kappa shape index (κ2) is 253. The number of hydrogen-bond acceptors (Lipinski definition) is 0. The van der Waals surface area contributed by atoms with Crippen molar-refractivity contribution >= 4 is 0 Å². The molecule has 0 rings (SSSR count). The van der Waals surface area contributed by atoms with Gasteiger partial charge in [-0.25, -0.2) is 0 Å². The van der Waals surface area contributed by atoms with Crippen LogP contribution < -0.4 is 223 Å². The van der Waals surface area contributed by atoms with Crippen molar-refractivity contribution in [1.82, 2.24) is 0 Å². The van der Waals surface area contributed by atoms with Crippen LogP contribution in [0.15, 0.2) is 0 Å². The van der Waals surface area contributed by atoms with Crippen LogP contribution in [-0.2, 0) is 0 Å². The van der Waals surface area contributed by atoms with Gasteiger partial charge in [-0.3, -0.25) is 0 Å². The summed E-state index contributed by atoms with van der Waals surface area (Å²) in [5.74, 6) is 0. The minimum atomic E-state index is 0. The Kier molecular flexibility index (Phi) is 2900. The molecule has 186 valence electrons. The van der Waals surface area contributed by atoms with Crippen LogP contribution in [0.1, 0.15) is 0 Å². The molecule has 0 aromatic carbocycles. The van der Waals surface area contributed by atoms with Crippen LogP contribution in [0.25, 0.3) is 0 Å². The summed E-state index contributed by atoms with van der Waals surface area (Å²) in [6, 6.07) is 0. The van der Waals surface area contributed by atoms with Crippen LogP contribution in [0.3, 0.4) is 0 Å². The van der Waals surface area contributed by atoms with Gasteiger partial charge in [0, 0.05) is 0 Å². The fraction of sp³-hybridized carbons (Fsp3) is 0. The molecular formula is Cl18ErEuGdSmTmYb. The molecule has 0 atom stereocenters. The molecule has 0 N–H and O–H groups in total. The van der Waals surface area contributed by atoms with Gasteiger partial charge in [-0.15, -0.1) is 0 Å². The van der Waals surface area contributed by atoms with Crippen molar-refractivity contribution in [2.24, 2.45) is 0 Å². The van der Waals surface area contributed by atoms with E-state index in [4.69, 9.17) is 0 Å². The number of rotatable bonds is 0. The smallest absolute Gasteiger partial charge is 1.00 e. The van der Waals surface area contributed by atoms with Crippen LogP contribution >= 0.6 is 0 Å². The molecule has 0 aliphatic carbocycles. The van der Waals surface area contributed by atoms with E-state index in [9.17, 15) is 0 Å². The van der Waals surface area contributed by atoms with Gasteiger partial charge in [-0.2, -0.15) is 0 Å². The molecule has 0 aromatic heterocycles. The molecule has 4 radical (unpaired) electrons. The molecule has 0 fully saturated rings. The molecule has 24 heteroatoms. The van der Waals surface area contributed by atoms with E-state index in [-0.39, 0.29) is 474 Å². The first kappa shape index (κ1) is 275. The van der Waals surface area contributed by atoms with E-state index in [0.717, 1.165) is 0 Å². The Morgan fingerprint density at radius 3 is 0.292 bits per heavy atom. The molecule has 0 unspecified atom stereocenters. The average Bonchev–Trinajstić information content (AvgIpc) is 0. The number of halogens is 18. The fourth-order valence-electron chi connectivity index (χ4n) is 0. The van der Waals surface area contributed by atoms with Gasteiger partial charge < -0.3 is 223 Å². The van der Waals surface area contributed by atoms with E-state index in [2.05, 4.69) is 0 Å². The summed E-state index contributed by atoms with van der Waals surface area (Å²) in [5.41, 5.74) is 0. The molecule has 0 aromatic rings. The maximum absolute atomic E-state index is 0. The Morgan fingerprint density at radius 2 is 0.292 bits per heavy atom. The molecule has 0 heterocycles. The summed E-state index contributed by atoms with van der Waals surface area (Å²) < 4.78 is 0. The predicted molar refractivity (Wildman–Crippen MR) is 0 cm³/mol. The zero-order chi connectivity index (χ0) is 0. The second-order valence-electron chi connectivity index (χ2n) is 0. The SMILES string of the molecule is [Cl-].[Cl-].[Cl-].[Cl-].[Cl-].[Cl-].[Cl-].[Cl-].[Cl-].[Cl-].[Cl-].[Cl-].[Cl-].[Cl-].[Cl-].[Cl-].[Cl-].[Cl-].[Er+3].[Eu+3].[Gd+3].[Sm+3].[Tm+3].[Yb+3]. The topological polar surface area (TPSA) is 0 Å². The van der Waals surface area contributed by atoms with E-state index in [1.807, 2.05) is 0 Å².